The molecule has 1 aliphatic carbocycles. The van der Waals surface area contributed by atoms with Crippen LogP contribution < -0.4 is 15.0 Å². The lowest BCUT2D eigenvalue weighted by molar-refractivity contribution is -0.138. The van der Waals surface area contributed by atoms with Crippen LogP contribution in [0.4, 0.5) is 27.8 Å². The number of aromatic hydroxyl groups is 1. The first kappa shape index (κ1) is 29.1. The third-order valence-corrected chi connectivity index (χ3v) is 10.5. The third kappa shape index (κ3) is 5.15. The monoisotopic (exact) mass is 630 g/mol. The molecule has 6 heterocycles. The van der Waals surface area contributed by atoms with Crippen LogP contribution in [-0.2, 0) is 6.42 Å². The highest BCUT2D eigenvalue weighted by Crippen LogP contribution is 2.47. The molecule has 8 nitrogen and oxygen atoms in total. The molecule has 1 unspecified atom stereocenters. The van der Waals surface area contributed by atoms with Gasteiger partial charge in [-0.1, -0.05) is 0 Å². The van der Waals surface area contributed by atoms with Crippen LogP contribution in [0.2, 0.25) is 0 Å². The number of rotatable bonds is 6. The van der Waals surface area contributed by atoms with E-state index in [0.29, 0.717) is 54.8 Å². The number of phenols is 1. The predicted molar refractivity (Wildman–Crippen MR) is 157 cm³/mol. The molecule has 3 aromatic rings. The van der Waals surface area contributed by atoms with E-state index in [1.807, 2.05) is 0 Å². The second-order valence-corrected chi connectivity index (χ2v) is 13.5. The third-order valence-electron chi connectivity index (χ3n) is 10.5. The van der Waals surface area contributed by atoms with E-state index in [2.05, 4.69) is 25.1 Å². The maximum Gasteiger partial charge on any atom is 0.389 e. The fourth-order valence-corrected chi connectivity index (χ4v) is 8.67. The summed E-state index contributed by atoms with van der Waals surface area (Å²) in [5, 5.41) is 14.4. The summed E-state index contributed by atoms with van der Waals surface area (Å²) in [7, 11) is 0. The largest absolute Gasteiger partial charge is 0.508 e. The van der Waals surface area contributed by atoms with Crippen LogP contribution in [0.15, 0.2) is 18.3 Å². The van der Waals surface area contributed by atoms with Crippen LogP contribution in [0.1, 0.15) is 62.0 Å². The van der Waals surface area contributed by atoms with Crippen molar-refractivity contribution in [2.24, 2.45) is 0 Å². The summed E-state index contributed by atoms with van der Waals surface area (Å²) in [5.41, 5.74) is 0.388. The highest BCUT2D eigenvalue weighted by Gasteiger charge is 2.49. The highest BCUT2D eigenvalue weighted by atomic mass is 19.4. The van der Waals surface area contributed by atoms with Crippen LogP contribution in [0, 0.1) is 5.82 Å². The average Bonchev–Trinajstić information content (AvgIpc) is 3.73. The van der Waals surface area contributed by atoms with Gasteiger partial charge < -0.3 is 20.1 Å². The van der Waals surface area contributed by atoms with Gasteiger partial charge in [0.05, 0.1) is 17.3 Å². The lowest BCUT2D eigenvalue weighted by Crippen LogP contribution is -2.51. The fraction of sp³-hybridized carbons (Fsp3) is 0.594. The number of hydrogen-bond acceptors (Lipinski definition) is 8. The molecular weight excluding hydrogens is 595 g/mol. The summed E-state index contributed by atoms with van der Waals surface area (Å²) in [4.78, 5) is 17.9. The van der Waals surface area contributed by atoms with Gasteiger partial charge in [-0.3, -0.25) is 9.88 Å². The Hall–Kier alpha value is -3.32. The minimum atomic E-state index is -4.40. The number of fused-ring (bicyclic) bond motifs is 5. The Morgan fingerprint density at radius 2 is 1.89 bits per heavy atom. The first-order valence-corrected chi connectivity index (χ1v) is 15.9. The average molecular weight is 631 g/mol. The molecule has 4 fully saturated rings. The molecule has 0 amide bonds. The van der Waals surface area contributed by atoms with Gasteiger partial charge >= 0.3 is 12.2 Å². The van der Waals surface area contributed by atoms with Gasteiger partial charge in [-0.25, -0.2) is 8.78 Å². The quantitative estimate of drug-likeness (QED) is 0.350. The van der Waals surface area contributed by atoms with Crippen LogP contribution >= 0.6 is 0 Å². The molecule has 0 saturated carbocycles. The van der Waals surface area contributed by atoms with E-state index in [9.17, 15) is 22.7 Å². The van der Waals surface area contributed by atoms with E-state index in [-0.39, 0.29) is 53.6 Å². The van der Waals surface area contributed by atoms with Gasteiger partial charge in [0.15, 0.2) is 5.82 Å². The normalized spacial score (nSPS) is 29.5. The smallest absolute Gasteiger partial charge is 0.389 e. The van der Waals surface area contributed by atoms with Crippen molar-refractivity contribution in [2.45, 2.75) is 87.3 Å². The van der Waals surface area contributed by atoms with Gasteiger partial charge in [-0.15, -0.1) is 0 Å². The van der Waals surface area contributed by atoms with Crippen molar-refractivity contribution in [1.82, 2.24) is 25.2 Å². The van der Waals surface area contributed by atoms with Crippen molar-refractivity contribution in [2.75, 3.05) is 37.7 Å². The van der Waals surface area contributed by atoms with Gasteiger partial charge in [-0.2, -0.15) is 23.1 Å². The molecule has 2 bridgehead atoms. The van der Waals surface area contributed by atoms with E-state index < -0.39 is 36.0 Å². The van der Waals surface area contributed by atoms with Crippen molar-refractivity contribution in [3.8, 4) is 23.0 Å². The molecular formula is C32H35F5N6O2. The van der Waals surface area contributed by atoms with Gasteiger partial charge in [0, 0.05) is 49.9 Å². The molecule has 2 aromatic heterocycles. The molecule has 4 aliphatic heterocycles. The minimum absolute atomic E-state index is 0.0287. The maximum absolute atomic E-state index is 16.7. The molecule has 5 aliphatic rings. The van der Waals surface area contributed by atoms with E-state index >= 15 is 4.39 Å². The first-order chi connectivity index (χ1) is 21.5. The number of phenolic OH excluding ortho intramolecular Hbond substituents is 1. The maximum atomic E-state index is 16.7. The number of anilines is 1. The summed E-state index contributed by atoms with van der Waals surface area (Å²) in [6, 6.07) is 3.25. The minimum Gasteiger partial charge on any atom is -0.508 e. The van der Waals surface area contributed by atoms with E-state index in [1.54, 1.807) is 0 Å². The number of halogens is 5. The number of aromatic nitrogens is 3. The number of benzene rings is 1. The lowest BCUT2D eigenvalue weighted by Gasteiger charge is -2.34. The van der Waals surface area contributed by atoms with E-state index in [0.717, 1.165) is 32.2 Å². The molecule has 5 atom stereocenters. The number of aryl methyl sites for hydroxylation is 1. The van der Waals surface area contributed by atoms with Gasteiger partial charge in [-0.05, 0) is 74.2 Å². The fourth-order valence-electron chi connectivity index (χ4n) is 8.67. The van der Waals surface area contributed by atoms with Gasteiger partial charge in [0.2, 0.25) is 0 Å². The summed E-state index contributed by atoms with van der Waals surface area (Å²) in [5.74, 6) is -1.36. The molecule has 240 valence electrons. The van der Waals surface area contributed by atoms with Crippen LogP contribution in [0.3, 0.4) is 0 Å². The Balaban J connectivity index is 1.23. The lowest BCUT2D eigenvalue weighted by atomic mass is 9.90. The molecule has 4 saturated heterocycles. The molecule has 1 aromatic carbocycles. The Morgan fingerprint density at radius 3 is 2.67 bits per heavy atom. The standard InChI is InChI=1S/C32H35F5N6O2/c33-19-11-31(6-1-7-43(31)13-19)16-45-30-40-28-24(29(41-30)42-14-20-4-5-21(15-42)39-20)12-38-27(26(28)34)23-9-22(44)8-17-2-3-18(25(17)23)10-32(35,36)37/h8-9,12,18-21,39,44H,1-7,10-11,13-16H2/t18?,19-,20-,21+,31+/m1/s1. The molecule has 45 heavy (non-hydrogen) atoms. The van der Waals surface area contributed by atoms with Crippen LogP contribution in [0.5, 0.6) is 11.8 Å². The topological polar surface area (TPSA) is 86.6 Å². The highest BCUT2D eigenvalue weighted by molar-refractivity contribution is 5.92. The van der Waals surface area contributed by atoms with Crippen molar-refractivity contribution in [3.63, 3.8) is 0 Å². The Bertz CT molecular complexity index is 1640. The zero-order valence-corrected chi connectivity index (χ0v) is 24.7. The van der Waals surface area contributed by atoms with Crippen molar-refractivity contribution in [3.05, 3.63) is 35.3 Å². The van der Waals surface area contributed by atoms with E-state index in [4.69, 9.17) is 9.72 Å². The number of pyridine rings is 1. The second-order valence-electron chi connectivity index (χ2n) is 13.5. The SMILES string of the molecule is Oc1cc2c(c(-c3ncc4c(N5C[C@H]6CC[C@@H](C5)N6)nc(OC[C@@]56CCCN5C[C@H](F)C6)nc4c3F)c1)C(CC(F)(F)F)CC2. The van der Waals surface area contributed by atoms with Crippen LogP contribution in [-0.4, -0.2) is 87.7 Å². The summed E-state index contributed by atoms with van der Waals surface area (Å²) in [6.45, 7) is 2.65. The summed E-state index contributed by atoms with van der Waals surface area (Å²) in [6.07, 6.45) is -0.170. The predicted octanol–water partition coefficient (Wildman–Crippen LogP) is 5.41. The van der Waals surface area contributed by atoms with Crippen molar-refractivity contribution >= 4 is 16.7 Å². The number of nitrogens with one attached hydrogen (secondary N) is 1. The summed E-state index contributed by atoms with van der Waals surface area (Å²) >= 11 is 0. The molecule has 8 rings (SSSR count). The van der Waals surface area contributed by atoms with E-state index in [1.165, 1.54) is 18.3 Å². The van der Waals surface area contributed by atoms with Crippen molar-refractivity contribution < 1.29 is 31.8 Å². The number of ether oxygens (including phenoxy) is 1. The Morgan fingerprint density at radius 1 is 1.09 bits per heavy atom. The molecule has 0 spiro atoms. The molecule has 13 heteroatoms. The molecule has 0 radical (unpaired) electrons. The number of piperazine rings is 1. The van der Waals surface area contributed by atoms with Crippen molar-refractivity contribution in [1.29, 1.82) is 0 Å². The zero-order valence-electron chi connectivity index (χ0n) is 24.7. The second kappa shape index (κ2) is 10.6. The number of alkyl halides is 4. The van der Waals surface area contributed by atoms with Crippen LogP contribution in [0.25, 0.3) is 22.2 Å². The first-order valence-electron chi connectivity index (χ1n) is 15.9. The molecule has 2 N–H and O–H groups in total. The number of nitrogens with zero attached hydrogens (tertiary/aromatic N) is 5. The Labute approximate surface area is 257 Å². The van der Waals surface area contributed by atoms with Gasteiger partial charge in [0.25, 0.3) is 0 Å². The van der Waals surface area contributed by atoms with Gasteiger partial charge in [0.1, 0.15) is 35.6 Å². The Kier molecular flexibility index (Phi) is 6.87. The summed E-state index contributed by atoms with van der Waals surface area (Å²) < 4.78 is 77.9. The number of hydrogen-bond donors (Lipinski definition) is 2. The zero-order chi connectivity index (χ0) is 31.1.